The van der Waals surface area contributed by atoms with Crippen LogP contribution in [0.2, 0.25) is 0 Å². The Labute approximate surface area is 675 Å². The molecule has 114 heavy (non-hydrogen) atoms. The number of para-hydroxylation sites is 4. The number of fused-ring (bicyclic) bond motifs is 19. The second-order valence-corrected chi connectivity index (χ2v) is 35.5. The molecule has 0 saturated carbocycles. The maximum absolute atomic E-state index is 10.0. The molecule has 0 atom stereocenters. The molecule has 0 spiro atoms. The van der Waals surface area contributed by atoms with Gasteiger partial charge in [-0.3, -0.25) is 0 Å². The van der Waals surface area contributed by atoms with Gasteiger partial charge in [-0.15, -0.1) is 0 Å². The van der Waals surface area contributed by atoms with E-state index in [2.05, 4.69) is 326 Å². The molecule has 2 aliphatic heterocycles. The van der Waals surface area contributed by atoms with Crippen LogP contribution in [0.5, 0.6) is 0 Å². The topological polar surface area (TPSA) is 47.6 Å². The lowest BCUT2D eigenvalue weighted by Crippen LogP contribution is -2.61. The van der Waals surface area contributed by atoms with E-state index in [0.29, 0.717) is 22.5 Å². The summed E-state index contributed by atoms with van der Waals surface area (Å²) in [7, 11) is 0. The molecular formula is C106H86BN5O2. The van der Waals surface area contributed by atoms with E-state index in [1.54, 1.807) is 4.57 Å². The van der Waals surface area contributed by atoms with Crippen molar-refractivity contribution in [2.45, 2.75) is 105 Å². The van der Waals surface area contributed by atoms with Crippen LogP contribution in [-0.4, -0.2) is 20.4 Å². The van der Waals surface area contributed by atoms with Gasteiger partial charge < -0.3 is 32.3 Å². The first kappa shape index (κ1) is 59.7. The van der Waals surface area contributed by atoms with Crippen molar-refractivity contribution in [1.29, 1.82) is 0 Å². The van der Waals surface area contributed by atoms with Gasteiger partial charge in [0.1, 0.15) is 22.3 Å². The van der Waals surface area contributed by atoms with Gasteiger partial charge >= 0.3 is 0 Å². The molecule has 20 aromatic rings. The van der Waals surface area contributed by atoms with Gasteiger partial charge in [-0.1, -0.05) is 253 Å². The monoisotopic (exact) mass is 1480 g/mol. The van der Waals surface area contributed by atoms with Crippen LogP contribution in [0.15, 0.2) is 312 Å². The van der Waals surface area contributed by atoms with Gasteiger partial charge in [-0.05, 0) is 205 Å². The van der Waals surface area contributed by atoms with E-state index >= 15 is 0 Å². The second kappa shape index (κ2) is 24.2. The number of aromatic nitrogens is 3. The predicted octanol–water partition coefficient (Wildman–Crippen LogP) is 27.4. The molecule has 0 amide bonds. The normalized spacial score (nSPS) is 14.4. The van der Waals surface area contributed by atoms with Crippen LogP contribution in [-0.2, 0) is 21.7 Å². The quantitative estimate of drug-likeness (QED) is 0.149. The third-order valence-corrected chi connectivity index (χ3v) is 24.5. The summed E-state index contributed by atoms with van der Waals surface area (Å²) >= 11 is 0. The first-order valence-electron chi connectivity index (χ1n) is 43.7. The zero-order valence-electron chi connectivity index (χ0n) is 73.9. The lowest BCUT2D eigenvalue weighted by Gasteiger charge is -2.45. The minimum Gasteiger partial charge on any atom is -0.456 e. The average Bonchev–Trinajstić information content (AvgIpc) is 1.09. The summed E-state index contributed by atoms with van der Waals surface area (Å²) in [5.74, 6) is 0. The summed E-state index contributed by atoms with van der Waals surface area (Å²) in [6.45, 7) is 26.8. The van der Waals surface area contributed by atoms with Gasteiger partial charge in [-0.2, -0.15) is 0 Å². The molecule has 0 N–H and O–H groups in total. The maximum Gasteiger partial charge on any atom is 0.252 e. The van der Waals surface area contributed by atoms with E-state index < -0.39 is 43.0 Å². The zero-order chi connectivity index (χ0) is 84.3. The molecule has 22 rings (SSSR count). The van der Waals surface area contributed by atoms with Crippen molar-refractivity contribution in [3.05, 3.63) is 325 Å². The van der Waals surface area contributed by atoms with E-state index in [0.717, 1.165) is 155 Å². The molecule has 8 heteroatoms. The Hall–Kier alpha value is -13.0. The molecule has 0 saturated heterocycles. The molecule has 0 unspecified atom stereocenters. The number of furan rings is 2. The van der Waals surface area contributed by atoms with E-state index in [9.17, 15) is 11.0 Å². The van der Waals surface area contributed by atoms with Crippen molar-refractivity contribution < 1.29 is 19.8 Å². The van der Waals surface area contributed by atoms with Gasteiger partial charge in [0.05, 0.1) is 71.9 Å². The molecule has 7 nitrogen and oxygen atoms in total. The largest absolute Gasteiger partial charge is 0.456 e. The zero-order valence-corrected chi connectivity index (χ0v) is 65.9. The number of hydrogen-bond donors (Lipinski definition) is 0. The van der Waals surface area contributed by atoms with Gasteiger partial charge in [0.2, 0.25) is 0 Å². The fourth-order valence-corrected chi connectivity index (χ4v) is 18.8. The first-order valence-corrected chi connectivity index (χ1v) is 39.7. The van der Waals surface area contributed by atoms with Gasteiger partial charge in [0, 0.05) is 88.3 Å². The second-order valence-electron chi connectivity index (χ2n) is 35.5. The Bertz CT molecular complexity index is 7780. The van der Waals surface area contributed by atoms with E-state index in [1.807, 2.05) is 30.3 Å². The molecule has 550 valence electrons. The molecular weight excluding hydrogens is 1390 g/mol. The fraction of sp³-hybridized carbons (Fsp3) is 0.151. The Morgan fingerprint density at radius 2 is 0.623 bits per heavy atom. The van der Waals surface area contributed by atoms with E-state index in [4.69, 9.17) is 8.83 Å². The Balaban J connectivity index is 0.967. The molecule has 0 bridgehead atoms. The van der Waals surface area contributed by atoms with Crippen molar-refractivity contribution >= 4 is 167 Å². The summed E-state index contributed by atoms with van der Waals surface area (Å²) in [4.78, 5) is 4.99. The molecule has 7 heterocycles. The Morgan fingerprint density at radius 1 is 0.281 bits per heavy atom. The summed E-state index contributed by atoms with van der Waals surface area (Å²) < 4.78 is 97.5. The van der Waals surface area contributed by atoms with Gasteiger partial charge in [0.15, 0.2) is 0 Å². The highest BCUT2D eigenvalue weighted by Crippen LogP contribution is 2.56. The minimum absolute atomic E-state index is 0.0106. The highest BCUT2D eigenvalue weighted by molar-refractivity contribution is 7.00. The van der Waals surface area contributed by atoms with Gasteiger partial charge in [-0.25, -0.2) is 0 Å². The molecule has 5 aromatic heterocycles. The fourth-order valence-electron chi connectivity index (χ4n) is 18.8. The molecule has 15 aromatic carbocycles. The predicted molar refractivity (Wildman–Crippen MR) is 484 cm³/mol. The SMILES string of the molecule is [2H]c1c([2H])c([2H])c2c(c1[2H])c1c([2H])c([2H])c([2H])c([2H])c1n2-c1ccc2c(c1)N(c1c(-c3ccccc3)ccc3oc4ccccc4c13)c1cc(-n3c4ccc(C(C)(C)C)cc4c4cc(C(C)(C)C)ccc43)cc3c1B2c1ccc(-n2c4ccc(C(C)(C)C)cc4c4cc(C(C)(C)C)ccc42)cc1N3c1c(-c2ccccc2)ccc2oc3ccccc3c12. The van der Waals surface area contributed by atoms with Crippen LogP contribution in [0.25, 0.3) is 149 Å². The standard InChI is InChI=1S/C106H86BN5O2/c1-103(2,3)65-39-49-86-78(55-65)79-56-66(104(4,5)6)40-50-87(79)109(86)70-44-48-83-91(60-70)112(102-73(64-29-17-14-18-30-64)46-54-97-99(102)77-34-22-26-38-95(77)114-97)93-62-71(110-88-51-41-67(105(7,8)9)57-80(88)81-58-68(106(10,11)12)42-52-89(81)110)61-92-100(93)107(83)82-47-43-69(108-84-35-23-19-31-74(84)75-32-20-24-36-85(75)108)59-90(82)111(92)101-72(63-27-15-13-16-28-63)45-53-96-98(101)76-33-21-25-37-94(76)113-96/h13-62H,1-12H3/i19D,20D,23D,24D,31D,32D,35D,36D. The molecule has 0 radical (unpaired) electrons. The molecule has 0 aliphatic carbocycles. The smallest absolute Gasteiger partial charge is 0.252 e. The maximum atomic E-state index is 10.0. The number of hydrogen-bond acceptors (Lipinski definition) is 4. The number of benzene rings is 15. The molecule has 2 aliphatic rings. The van der Waals surface area contributed by atoms with Crippen LogP contribution in [0.3, 0.4) is 0 Å². The summed E-state index contributed by atoms with van der Waals surface area (Å²) in [6, 6.07) is 88.9. The van der Waals surface area contributed by atoms with Crippen LogP contribution in [0.4, 0.5) is 34.1 Å². The average molecular weight is 1480 g/mol. The van der Waals surface area contributed by atoms with Crippen LogP contribution < -0.4 is 26.2 Å². The number of rotatable bonds is 7. The van der Waals surface area contributed by atoms with Crippen LogP contribution in [0.1, 0.15) is 116 Å². The summed E-state index contributed by atoms with van der Waals surface area (Å²) in [5, 5.41) is 8.11. The van der Waals surface area contributed by atoms with Crippen molar-refractivity contribution in [2.75, 3.05) is 9.80 Å². The van der Waals surface area contributed by atoms with E-state index in [-0.39, 0.29) is 55.6 Å². The summed E-state index contributed by atoms with van der Waals surface area (Å²) in [6.07, 6.45) is 0. The highest BCUT2D eigenvalue weighted by atomic mass is 16.3. The number of anilines is 6. The summed E-state index contributed by atoms with van der Waals surface area (Å²) in [5.41, 5.74) is 25.0. The minimum atomic E-state index is -0.605. The van der Waals surface area contributed by atoms with Crippen molar-refractivity contribution in [3.8, 4) is 39.3 Å². The van der Waals surface area contributed by atoms with Crippen molar-refractivity contribution in [2.24, 2.45) is 0 Å². The Morgan fingerprint density at radius 3 is 1.01 bits per heavy atom. The number of nitrogens with zero attached hydrogens (tertiary/aromatic N) is 5. The highest BCUT2D eigenvalue weighted by Gasteiger charge is 2.47. The lowest BCUT2D eigenvalue weighted by molar-refractivity contribution is 0.590. The third-order valence-electron chi connectivity index (χ3n) is 24.5. The van der Waals surface area contributed by atoms with Crippen molar-refractivity contribution in [1.82, 2.24) is 13.7 Å². The van der Waals surface area contributed by atoms with Crippen molar-refractivity contribution in [3.63, 3.8) is 0 Å². The Kier molecular flexibility index (Phi) is 12.7. The van der Waals surface area contributed by atoms with Crippen LogP contribution in [0, 0.1) is 0 Å². The van der Waals surface area contributed by atoms with E-state index in [1.165, 1.54) is 22.3 Å². The first-order chi connectivity index (χ1) is 58.4. The molecule has 0 fully saturated rings. The lowest BCUT2D eigenvalue weighted by atomic mass is 9.33. The van der Waals surface area contributed by atoms with Crippen LogP contribution >= 0.6 is 0 Å². The van der Waals surface area contributed by atoms with Gasteiger partial charge in [0.25, 0.3) is 6.71 Å². The third kappa shape index (κ3) is 10.1.